The molecule has 0 radical (unpaired) electrons. The van der Waals surface area contributed by atoms with E-state index in [2.05, 4.69) is 41.2 Å². The highest BCUT2D eigenvalue weighted by Crippen LogP contribution is 2.44. The molecular formula is C39H55N5O2. The van der Waals surface area contributed by atoms with E-state index in [1.54, 1.807) is 0 Å². The van der Waals surface area contributed by atoms with Crippen LogP contribution in [0.1, 0.15) is 135 Å². The lowest BCUT2D eigenvalue weighted by molar-refractivity contribution is -0.125. The Bertz CT molecular complexity index is 1410. The number of hydrogen-bond acceptors (Lipinski definition) is 4. The van der Waals surface area contributed by atoms with E-state index in [-0.39, 0.29) is 30.2 Å². The minimum absolute atomic E-state index is 0.0488. The van der Waals surface area contributed by atoms with Gasteiger partial charge in [-0.3, -0.25) is 9.59 Å². The summed E-state index contributed by atoms with van der Waals surface area (Å²) in [5.74, 6) is -0.124. The van der Waals surface area contributed by atoms with Gasteiger partial charge in [0.2, 0.25) is 11.8 Å². The Morgan fingerprint density at radius 1 is 0.761 bits per heavy atom. The van der Waals surface area contributed by atoms with Crippen LogP contribution in [0.25, 0.3) is 22.5 Å². The maximum absolute atomic E-state index is 13.9. The molecule has 1 N–H and O–H groups in total. The second kappa shape index (κ2) is 16.9. The van der Waals surface area contributed by atoms with Crippen LogP contribution in [0.5, 0.6) is 0 Å². The average molecular weight is 626 g/mol. The third kappa shape index (κ3) is 8.45. The Balaban J connectivity index is 1.52. The maximum Gasteiger partial charge on any atom is 0.227 e. The van der Waals surface area contributed by atoms with E-state index >= 15 is 0 Å². The first-order valence-electron chi connectivity index (χ1n) is 18.2. The number of nitrogens with zero attached hydrogens (tertiary/aromatic N) is 4. The summed E-state index contributed by atoms with van der Waals surface area (Å²) in [5, 5.41) is 12.8. The monoisotopic (exact) mass is 625 g/mol. The molecule has 0 atom stereocenters. The molecular weight excluding hydrogens is 570 g/mol. The standard InChI is InChI=1S/C39H55N5O2/c1-3-29-40-35(45)25-26-36(46)43-30-31-21-15-16-22-32(31)37-38(33-23-17-18-24-34(33)43)44(42-41-37)39(2)27-19-13-11-9-7-5-4-6-8-10-12-14-20-28-39/h15-18,21-24H,3-14,19-20,25-30H2,1-2H3,(H,40,45). The first-order chi connectivity index (χ1) is 22.5. The summed E-state index contributed by atoms with van der Waals surface area (Å²) in [7, 11) is 0. The first kappa shape index (κ1) is 33.9. The third-order valence-corrected chi connectivity index (χ3v) is 10.1. The van der Waals surface area contributed by atoms with Gasteiger partial charge in [-0.05, 0) is 37.8 Å². The number of amides is 2. The zero-order valence-corrected chi connectivity index (χ0v) is 28.4. The van der Waals surface area contributed by atoms with Crippen LogP contribution in [0, 0.1) is 0 Å². The number of fused-ring (bicyclic) bond motifs is 5. The molecule has 0 spiro atoms. The predicted octanol–water partition coefficient (Wildman–Crippen LogP) is 9.35. The lowest BCUT2D eigenvalue weighted by Gasteiger charge is -2.34. The molecule has 7 nitrogen and oxygen atoms in total. The maximum atomic E-state index is 13.9. The van der Waals surface area contributed by atoms with E-state index < -0.39 is 0 Å². The Morgan fingerprint density at radius 3 is 1.96 bits per heavy atom. The Morgan fingerprint density at radius 2 is 1.33 bits per heavy atom. The molecule has 2 heterocycles. The molecule has 2 amide bonds. The van der Waals surface area contributed by atoms with Gasteiger partial charge in [-0.2, -0.15) is 0 Å². The number of hydrogen-bond donors (Lipinski definition) is 1. The summed E-state index contributed by atoms with van der Waals surface area (Å²) in [5.41, 5.74) is 5.60. The molecule has 3 aromatic rings. The summed E-state index contributed by atoms with van der Waals surface area (Å²) < 4.78 is 2.23. The van der Waals surface area contributed by atoms with E-state index in [9.17, 15) is 9.59 Å². The van der Waals surface area contributed by atoms with Gasteiger partial charge in [0.15, 0.2) is 0 Å². The van der Waals surface area contributed by atoms with Gasteiger partial charge in [0.1, 0.15) is 5.69 Å². The summed E-state index contributed by atoms with van der Waals surface area (Å²) >= 11 is 0. The van der Waals surface area contributed by atoms with Crippen LogP contribution in [0.3, 0.4) is 0 Å². The molecule has 2 aliphatic rings. The Kier molecular flexibility index (Phi) is 12.4. The fourth-order valence-corrected chi connectivity index (χ4v) is 7.36. The van der Waals surface area contributed by atoms with Crippen LogP contribution >= 0.6 is 0 Å². The minimum atomic E-state index is -0.189. The average Bonchev–Trinajstić information content (AvgIpc) is 3.51. The molecule has 7 heteroatoms. The fraction of sp³-hybridized carbons (Fsp3) is 0.590. The van der Waals surface area contributed by atoms with Gasteiger partial charge < -0.3 is 10.2 Å². The van der Waals surface area contributed by atoms with Crippen molar-refractivity contribution in [3.05, 3.63) is 54.1 Å². The fourth-order valence-electron chi connectivity index (χ4n) is 7.36. The van der Waals surface area contributed by atoms with Crippen LogP contribution < -0.4 is 10.2 Å². The molecule has 1 aliphatic carbocycles. The summed E-state index contributed by atoms with van der Waals surface area (Å²) in [4.78, 5) is 28.3. The normalized spacial score (nSPS) is 17.9. The van der Waals surface area contributed by atoms with Crippen molar-refractivity contribution in [2.75, 3.05) is 11.4 Å². The van der Waals surface area contributed by atoms with Gasteiger partial charge in [0.25, 0.3) is 0 Å². The molecule has 1 saturated carbocycles. The number of anilines is 1. The number of para-hydroxylation sites is 1. The summed E-state index contributed by atoms with van der Waals surface area (Å²) in [6.45, 7) is 5.47. The Labute approximate surface area is 276 Å². The molecule has 5 rings (SSSR count). The van der Waals surface area contributed by atoms with E-state index in [1.807, 2.05) is 36.1 Å². The van der Waals surface area contributed by atoms with Crippen molar-refractivity contribution in [1.29, 1.82) is 0 Å². The zero-order valence-electron chi connectivity index (χ0n) is 28.4. The van der Waals surface area contributed by atoms with E-state index in [0.29, 0.717) is 13.1 Å². The zero-order chi connectivity index (χ0) is 32.2. The van der Waals surface area contributed by atoms with Crippen LogP contribution in [-0.4, -0.2) is 33.4 Å². The molecule has 0 saturated heterocycles. The highest BCUT2D eigenvalue weighted by Gasteiger charge is 2.35. The van der Waals surface area contributed by atoms with Crippen LogP contribution in [0.4, 0.5) is 5.69 Å². The SMILES string of the molecule is CCCNC(=O)CCC(=O)N1Cc2ccccc2-c2nnn(C3(C)CCCCCCCCCCCCCCC3)c2-c2ccccc21. The predicted molar refractivity (Wildman–Crippen MR) is 188 cm³/mol. The van der Waals surface area contributed by atoms with Crippen molar-refractivity contribution in [1.82, 2.24) is 20.3 Å². The number of carbonyl (C=O) groups is 2. The molecule has 0 bridgehead atoms. The molecule has 1 aliphatic heterocycles. The largest absolute Gasteiger partial charge is 0.356 e. The van der Waals surface area contributed by atoms with Crippen molar-refractivity contribution < 1.29 is 9.59 Å². The van der Waals surface area contributed by atoms with Gasteiger partial charge in [-0.1, -0.05) is 138 Å². The lowest BCUT2D eigenvalue weighted by Crippen LogP contribution is -2.35. The second-order valence-corrected chi connectivity index (χ2v) is 13.8. The molecule has 1 aromatic heterocycles. The van der Waals surface area contributed by atoms with E-state index in [0.717, 1.165) is 53.0 Å². The van der Waals surface area contributed by atoms with Gasteiger partial charge in [-0.25, -0.2) is 4.68 Å². The topological polar surface area (TPSA) is 80.1 Å². The van der Waals surface area contributed by atoms with Crippen LogP contribution in [-0.2, 0) is 21.7 Å². The Hall–Kier alpha value is -3.48. The number of rotatable bonds is 6. The number of nitrogens with one attached hydrogen (secondary N) is 1. The molecule has 2 aromatic carbocycles. The quantitative estimate of drug-likeness (QED) is 0.296. The van der Waals surface area contributed by atoms with Crippen molar-refractivity contribution >= 4 is 17.5 Å². The number of carbonyl (C=O) groups excluding carboxylic acids is 2. The molecule has 0 unspecified atom stereocenters. The number of aromatic nitrogens is 3. The van der Waals surface area contributed by atoms with Crippen molar-refractivity contribution in [2.24, 2.45) is 0 Å². The van der Waals surface area contributed by atoms with Gasteiger partial charge in [0.05, 0.1) is 23.5 Å². The molecule has 248 valence electrons. The third-order valence-electron chi connectivity index (χ3n) is 10.1. The van der Waals surface area contributed by atoms with Crippen molar-refractivity contribution in [3.8, 4) is 22.5 Å². The van der Waals surface area contributed by atoms with Gasteiger partial charge >= 0.3 is 0 Å². The van der Waals surface area contributed by atoms with Crippen LogP contribution in [0.2, 0.25) is 0 Å². The first-order valence-corrected chi connectivity index (χ1v) is 18.2. The minimum Gasteiger partial charge on any atom is -0.356 e. The van der Waals surface area contributed by atoms with Crippen LogP contribution in [0.15, 0.2) is 48.5 Å². The van der Waals surface area contributed by atoms with Crippen molar-refractivity contribution in [3.63, 3.8) is 0 Å². The highest BCUT2D eigenvalue weighted by atomic mass is 16.2. The summed E-state index contributed by atoms with van der Waals surface area (Å²) in [6.07, 6.45) is 20.4. The van der Waals surface area contributed by atoms with Gasteiger partial charge in [-0.15, -0.1) is 5.10 Å². The van der Waals surface area contributed by atoms with Crippen molar-refractivity contribution in [2.45, 2.75) is 142 Å². The second-order valence-electron chi connectivity index (χ2n) is 13.8. The smallest absolute Gasteiger partial charge is 0.227 e. The number of benzene rings is 2. The highest BCUT2D eigenvalue weighted by molar-refractivity contribution is 6.01. The van der Waals surface area contributed by atoms with Gasteiger partial charge in [0, 0.05) is 30.5 Å². The summed E-state index contributed by atoms with van der Waals surface area (Å²) in [6, 6.07) is 16.5. The van der Waals surface area contributed by atoms with E-state index in [4.69, 9.17) is 10.3 Å². The molecule has 1 fully saturated rings. The molecule has 46 heavy (non-hydrogen) atoms. The lowest BCUT2D eigenvalue weighted by atomic mass is 9.86. The van der Waals surface area contributed by atoms with E-state index in [1.165, 1.54) is 83.5 Å².